The average molecular weight is 467 g/mol. The predicted molar refractivity (Wildman–Crippen MR) is 124 cm³/mol. The van der Waals surface area contributed by atoms with E-state index in [0.29, 0.717) is 56.4 Å². The number of carbonyl (C=O) groups excluding carboxylic acids is 2. The number of likely N-dealkylation sites (tertiary alicyclic amines) is 1. The largest absolute Gasteiger partial charge is 0.504 e. The van der Waals surface area contributed by atoms with Crippen LogP contribution in [0.1, 0.15) is 36.3 Å². The van der Waals surface area contributed by atoms with Crippen LogP contribution < -0.4 is 14.8 Å². The van der Waals surface area contributed by atoms with Crippen LogP contribution in [0.4, 0.5) is 0 Å². The molecule has 34 heavy (non-hydrogen) atoms. The number of benzene rings is 2. The van der Waals surface area contributed by atoms with Crippen molar-refractivity contribution in [3.05, 3.63) is 47.5 Å². The predicted octanol–water partition coefficient (Wildman–Crippen LogP) is 2.98. The van der Waals surface area contributed by atoms with Crippen molar-refractivity contribution in [3.63, 3.8) is 0 Å². The standard InChI is InChI=1S/C26H30N2O6/c1-32-22-6-4-18-13-24(22)34-23-12-16(2-5-21(23)29)3-7-25(30)27-20-15-28(14-19(18)20)26(31)17-8-10-33-11-9-17/h2,4-6,12-13,17,19-20,29H,3,7-11,14-15H2,1H3,(H,27,30)/t19-,20+/m0/s1. The second-order valence-electron chi connectivity index (χ2n) is 9.22. The Balaban J connectivity index is 1.49. The maximum atomic E-state index is 13.2. The van der Waals surface area contributed by atoms with E-state index in [1.807, 2.05) is 23.1 Å². The Morgan fingerprint density at radius 1 is 1.09 bits per heavy atom. The minimum Gasteiger partial charge on any atom is -0.504 e. The van der Waals surface area contributed by atoms with Gasteiger partial charge >= 0.3 is 0 Å². The van der Waals surface area contributed by atoms with E-state index in [-0.39, 0.29) is 35.4 Å². The van der Waals surface area contributed by atoms with Gasteiger partial charge in [0.25, 0.3) is 0 Å². The van der Waals surface area contributed by atoms with Gasteiger partial charge in [0, 0.05) is 44.6 Å². The van der Waals surface area contributed by atoms with Crippen molar-refractivity contribution in [2.45, 2.75) is 37.6 Å². The van der Waals surface area contributed by atoms with Gasteiger partial charge in [0.2, 0.25) is 11.8 Å². The van der Waals surface area contributed by atoms with E-state index in [9.17, 15) is 14.7 Å². The van der Waals surface area contributed by atoms with Crippen LogP contribution in [-0.4, -0.2) is 61.3 Å². The van der Waals surface area contributed by atoms with Crippen molar-refractivity contribution >= 4 is 11.8 Å². The number of phenolic OH excluding ortho intramolecular Hbond substituents is 1. The lowest BCUT2D eigenvalue weighted by atomic mass is 9.93. The number of fused-ring (bicyclic) bond motifs is 6. The Labute approximate surface area is 198 Å². The molecule has 3 aliphatic heterocycles. The molecule has 8 nitrogen and oxygen atoms in total. The molecule has 2 aromatic carbocycles. The number of ether oxygens (including phenoxy) is 3. The third-order valence-corrected chi connectivity index (χ3v) is 7.05. The van der Waals surface area contributed by atoms with Crippen molar-refractivity contribution in [2.75, 3.05) is 33.4 Å². The minimum absolute atomic E-state index is 0.0162. The lowest BCUT2D eigenvalue weighted by Gasteiger charge is -2.26. The summed E-state index contributed by atoms with van der Waals surface area (Å²) < 4.78 is 17.0. The highest BCUT2D eigenvalue weighted by Gasteiger charge is 2.39. The number of rotatable bonds is 2. The summed E-state index contributed by atoms with van der Waals surface area (Å²) in [5.41, 5.74) is 1.83. The first-order chi connectivity index (χ1) is 16.5. The number of amides is 2. The van der Waals surface area contributed by atoms with Gasteiger partial charge in [-0.1, -0.05) is 12.1 Å². The lowest BCUT2D eigenvalue weighted by Crippen LogP contribution is -2.42. The molecular formula is C26H30N2O6. The van der Waals surface area contributed by atoms with Gasteiger partial charge in [-0.3, -0.25) is 9.59 Å². The molecule has 2 fully saturated rings. The van der Waals surface area contributed by atoms with Crippen LogP contribution in [0.15, 0.2) is 36.4 Å². The molecule has 0 aromatic heterocycles. The number of carbonyl (C=O) groups is 2. The average Bonchev–Trinajstić information content (AvgIpc) is 3.27. The molecule has 2 N–H and O–H groups in total. The van der Waals surface area contributed by atoms with Crippen molar-refractivity contribution in [1.82, 2.24) is 10.2 Å². The highest BCUT2D eigenvalue weighted by Crippen LogP contribution is 2.40. The SMILES string of the molecule is COc1ccc2cc1Oc1cc(ccc1O)CCC(=O)N[C@@H]1CN(C(=O)C3CCOCC3)C[C@@H]21. The molecule has 8 heteroatoms. The quantitative estimate of drug-likeness (QED) is 0.706. The molecule has 0 saturated carbocycles. The van der Waals surface area contributed by atoms with Crippen molar-refractivity contribution in [1.29, 1.82) is 0 Å². The Bertz CT molecular complexity index is 1080. The molecule has 0 radical (unpaired) electrons. The van der Waals surface area contributed by atoms with Crippen LogP contribution in [0, 0.1) is 5.92 Å². The molecule has 2 saturated heterocycles. The number of nitrogens with zero attached hydrogens (tertiary/aromatic N) is 1. The van der Waals surface area contributed by atoms with Gasteiger partial charge in [0.15, 0.2) is 23.0 Å². The molecule has 4 bridgehead atoms. The summed E-state index contributed by atoms with van der Waals surface area (Å²) >= 11 is 0. The molecule has 0 aliphatic carbocycles. The number of methoxy groups -OCH3 is 1. The number of nitrogens with one attached hydrogen (secondary N) is 1. The maximum Gasteiger partial charge on any atom is 0.225 e. The summed E-state index contributed by atoms with van der Waals surface area (Å²) in [6, 6.07) is 10.6. The van der Waals surface area contributed by atoms with Gasteiger partial charge in [-0.15, -0.1) is 0 Å². The molecule has 0 spiro atoms. The van der Waals surface area contributed by atoms with Crippen molar-refractivity contribution in [3.8, 4) is 23.0 Å². The Hall–Kier alpha value is -3.26. The van der Waals surface area contributed by atoms with Gasteiger partial charge in [-0.2, -0.15) is 0 Å². The number of hydrogen-bond donors (Lipinski definition) is 2. The molecule has 2 aromatic rings. The van der Waals surface area contributed by atoms with Crippen molar-refractivity contribution < 1.29 is 28.9 Å². The molecule has 2 amide bonds. The molecular weight excluding hydrogens is 436 g/mol. The second-order valence-corrected chi connectivity index (χ2v) is 9.22. The summed E-state index contributed by atoms with van der Waals surface area (Å²) in [6.07, 6.45) is 2.29. The fraction of sp³-hybridized carbons (Fsp3) is 0.462. The summed E-state index contributed by atoms with van der Waals surface area (Å²) in [6.45, 7) is 2.22. The lowest BCUT2D eigenvalue weighted by molar-refractivity contribution is -0.137. The molecule has 3 heterocycles. The third kappa shape index (κ3) is 4.55. The molecule has 3 aliphatic rings. The number of aromatic hydroxyl groups is 1. The highest BCUT2D eigenvalue weighted by molar-refractivity contribution is 5.80. The smallest absolute Gasteiger partial charge is 0.225 e. The topological polar surface area (TPSA) is 97.3 Å². The van der Waals surface area contributed by atoms with Crippen LogP contribution in [-0.2, 0) is 20.7 Å². The first-order valence-electron chi connectivity index (χ1n) is 11.9. The monoisotopic (exact) mass is 466 g/mol. The number of aryl methyl sites for hydroxylation is 1. The maximum absolute atomic E-state index is 13.2. The Morgan fingerprint density at radius 3 is 2.71 bits per heavy atom. The Morgan fingerprint density at radius 2 is 1.91 bits per heavy atom. The summed E-state index contributed by atoms with van der Waals surface area (Å²) in [4.78, 5) is 28.0. The Kier molecular flexibility index (Phi) is 6.32. The summed E-state index contributed by atoms with van der Waals surface area (Å²) in [7, 11) is 1.57. The summed E-state index contributed by atoms with van der Waals surface area (Å²) in [5.74, 6) is 1.31. The summed E-state index contributed by atoms with van der Waals surface area (Å²) in [5, 5.41) is 13.5. The van der Waals surface area contributed by atoms with E-state index >= 15 is 0 Å². The molecule has 5 rings (SSSR count). The van der Waals surface area contributed by atoms with Gasteiger partial charge in [0.1, 0.15) is 0 Å². The number of phenols is 1. The van der Waals surface area contributed by atoms with Crippen LogP contribution in [0.5, 0.6) is 23.0 Å². The van der Waals surface area contributed by atoms with E-state index in [2.05, 4.69) is 5.32 Å². The van der Waals surface area contributed by atoms with E-state index < -0.39 is 0 Å². The first kappa shape index (κ1) is 22.5. The van der Waals surface area contributed by atoms with E-state index in [4.69, 9.17) is 14.2 Å². The first-order valence-corrected chi connectivity index (χ1v) is 11.9. The zero-order valence-electron chi connectivity index (χ0n) is 19.3. The highest BCUT2D eigenvalue weighted by atomic mass is 16.5. The fourth-order valence-corrected chi connectivity index (χ4v) is 5.13. The molecule has 0 unspecified atom stereocenters. The minimum atomic E-state index is -0.199. The molecule has 2 atom stereocenters. The van der Waals surface area contributed by atoms with Crippen LogP contribution in [0.3, 0.4) is 0 Å². The van der Waals surface area contributed by atoms with Gasteiger partial charge in [0.05, 0.1) is 13.2 Å². The van der Waals surface area contributed by atoms with Crippen molar-refractivity contribution in [2.24, 2.45) is 5.92 Å². The number of hydrogen-bond acceptors (Lipinski definition) is 6. The zero-order chi connectivity index (χ0) is 23.7. The van der Waals surface area contributed by atoms with Gasteiger partial charge in [-0.05, 0) is 54.7 Å². The van der Waals surface area contributed by atoms with E-state index in [0.717, 1.165) is 24.0 Å². The van der Waals surface area contributed by atoms with Crippen LogP contribution in [0.2, 0.25) is 0 Å². The second kappa shape index (κ2) is 9.54. The van der Waals surface area contributed by atoms with Crippen LogP contribution in [0.25, 0.3) is 0 Å². The molecule has 180 valence electrons. The third-order valence-electron chi connectivity index (χ3n) is 7.05. The van der Waals surface area contributed by atoms with Gasteiger partial charge < -0.3 is 29.5 Å². The van der Waals surface area contributed by atoms with E-state index in [1.54, 1.807) is 25.3 Å². The normalized spacial score (nSPS) is 23.0. The van der Waals surface area contributed by atoms with Crippen LogP contribution >= 0.6 is 0 Å². The fourth-order valence-electron chi connectivity index (χ4n) is 5.13. The van der Waals surface area contributed by atoms with E-state index in [1.165, 1.54) is 0 Å². The van der Waals surface area contributed by atoms with Gasteiger partial charge in [-0.25, -0.2) is 0 Å². The zero-order valence-corrected chi connectivity index (χ0v) is 19.3.